The zero-order valence-corrected chi connectivity index (χ0v) is 15.7. The number of hydrogen-bond donors (Lipinski definition) is 1. The summed E-state index contributed by atoms with van der Waals surface area (Å²) < 4.78 is 11.8. The quantitative estimate of drug-likeness (QED) is 0.601. The van der Waals surface area contributed by atoms with Crippen molar-refractivity contribution in [2.75, 3.05) is 7.11 Å². The summed E-state index contributed by atoms with van der Waals surface area (Å²) >= 11 is 0. The molecule has 0 radical (unpaired) electrons. The largest absolute Gasteiger partial charge is 0.504 e. The molecule has 0 spiro atoms. The van der Waals surface area contributed by atoms with Crippen molar-refractivity contribution < 1.29 is 14.6 Å². The number of pyridine rings is 1. The van der Waals surface area contributed by atoms with Crippen LogP contribution in [0, 0.1) is 5.41 Å². The molecule has 0 atom stereocenters. The molecule has 0 fully saturated rings. The van der Waals surface area contributed by atoms with Crippen LogP contribution in [0.3, 0.4) is 0 Å². The number of ether oxygens (including phenoxy) is 2. The lowest BCUT2D eigenvalue weighted by Gasteiger charge is -2.32. The first-order valence-corrected chi connectivity index (χ1v) is 9.17. The number of para-hydroxylation sites is 1. The number of phenols is 1. The second-order valence-electron chi connectivity index (χ2n) is 7.99. The third-order valence-corrected chi connectivity index (χ3v) is 5.47. The van der Waals surface area contributed by atoms with Crippen molar-refractivity contribution in [3.63, 3.8) is 0 Å². The maximum absolute atomic E-state index is 10.9. The minimum atomic E-state index is 0.0525. The first-order chi connectivity index (χ1) is 13.0. The van der Waals surface area contributed by atoms with Gasteiger partial charge in [-0.05, 0) is 23.1 Å². The number of nitrogens with zero attached hydrogens (tertiary/aromatic N) is 1. The summed E-state index contributed by atoms with van der Waals surface area (Å²) in [7, 11) is 1.56. The lowest BCUT2D eigenvalue weighted by molar-refractivity contribution is 0.296. The Bertz CT molecular complexity index is 1170. The molecule has 27 heavy (non-hydrogen) atoms. The van der Waals surface area contributed by atoms with Gasteiger partial charge < -0.3 is 14.6 Å². The van der Waals surface area contributed by atoms with Crippen LogP contribution in [0.15, 0.2) is 53.8 Å². The van der Waals surface area contributed by atoms with Crippen LogP contribution in [0.25, 0.3) is 21.8 Å². The number of aromatic hydroxyl groups is 1. The zero-order valence-electron chi connectivity index (χ0n) is 15.7. The predicted octanol–water partition coefficient (Wildman–Crippen LogP) is 5.28. The van der Waals surface area contributed by atoms with Crippen LogP contribution in [0.4, 0.5) is 0 Å². The Morgan fingerprint density at radius 3 is 2.85 bits per heavy atom. The van der Waals surface area contributed by atoms with Crippen LogP contribution < -0.4 is 9.47 Å². The summed E-state index contributed by atoms with van der Waals surface area (Å²) in [5, 5.41) is 12.6. The van der Waals surface area contributed by atoms with Crippen LogP contribution in [0.1, 0.15) is 25.8 Å². The Balaban J connectivity index is 1.79. The highest BCUT2D eigenvalue weighted by Gasteiger charge is 2.32. The van der Waals surface area contributed by atoms with Gasteiger partial charge in [0.2, 0.25) is 5.75 Å². The maximum Gasteiger partial charge on any atom is 0.204 e. The Hall–Kier alpha value is -3.01. The average Bonchev–Trinajstić information content (AvgIpc) is 2.65. The monoisotopic (exact) mass is 359 g/mol. The van der Waals surface area contributed by atoms with E-state index in [0.29, 0.717) is 16.9 Å². The first kappa shape index (κ1) is 16.2. The second-order valence-corrected chi connectivity index (χ2v) is 7.99. The average molecular weight is 359 g/mol. The Kier molecular flexibility index (Phi) is 3.29. The minimum absolute atomic E-state index is 0.0525. The number of methoxy groups -OCH3 is 1. The highest BCUT2D eigenvalue weighted by atomic mass is 16.5. The molecule has 2 aliphatic rings. The fourth-order valence-electron chi connectivity index (χ4n) is 4.04. The van der Waals surface area contributed by atoms with E-state index in [2.05, 4.69) is 26.0 Å². The molecule has 1 aliphatic heterocycles. The zero-order chi connectivity index (χ0) is 18.8. The fraction of sp³-hybridized carbons (Fsp3) is 0.261. The van der Waals surface area contributed by atoms with Crippen LogP contribution in [0.2, 0.25) is 0 Å². The molecular weight excluding hydrogens is 338 g/mol. The fourth-order valence-corrected chi connectivity index (χ4v) is 4.04. The third kappa shape index (κ3) is 2.40. The van der Waals surface area contributed by atoms with Crippen molar-refractivity contribution in [2.45, 2.75) is 26.7 Å². The van der Waals surface area contributed by atoms with Gasteiger partial charge in [-0.15, -0.1) is 0 Å². The van der Waals surface area contributed by atoms with Crippen LogP contribution in [-0.4, -0.2) is 17.2 Å². The highest BCUT2D eigenvalue weighted by molar-refractivity contribution is 6.00. The molecule has 0 amide bonds. The lowest BCUT2D eigenvalue weighted by atomic mass is 9.80. The van der Waals surface area contributed by atoms with E-state index in [0.717, 1.165) is 40.6 Å². The molecule has 2 heterocycles. The van der Waals surface area contributed by atoms with Crippen LogP contribution in [0.5, 0.6) is 17.2 Å². The van der Waals surface area contributed by atoms with Gasteiger partial charge in [-0.2, -0.15) is 0 Å². The van der Waals surface area contributed by atoms with Gasteiger partial charge in [-0.3, -0.25) is 0 Å². The number of rotatable bonds is 1. The Morgan fingerprint density at radius 2 is 2.04 bits per heavy atom. The Morgan fingerprint density at radius 1 is 1.22 bits per heavy atom. The molecule has 5 rings (SSSR count). The van der Waals surface area contributed by atoms with Crippen molar-refractivity contribution in [3.05, 3.63) is 59.4 Å². The molecule has 1 aliphatic carbocycles. The normalized spacial score (nSPS) is 17.6. The van der Waals surface area contributed by atoms with Crippen molar-refractivity contribution in [1.29, 1.82) is 0 Å². The van der Waals surface area contributed by atoms with Crippen LogP contribution in [-0.2, 0) is 6.42 Å². The first-order valence-electron chi connectivity index (χ1n) is 9.17. The van der Waals surface area contributed by atoms with Gasteiger partial charge in [0.25, 0.3) is 0 Å². The molecule has 4 heteroatoms. The summed E-state index contributed by atoms with van der Waals surface area (Å²) in [6.45, 7) is 4.38. The molecule has 136 valence electrons. The van der Waals surface area contributed by atoms with E-state index < -0.39 is 0 Å². The van der Waals surface area contributed by atoms with E-state index in [4.69, 9.17) is 14.5 Å². The predicted molar refractivity (Wildman–Crippen MR) is 106 cm³/mol. The maximum atomic E-state index is 10.9. The van der Waals surface area contributed by atoms with Gasteiger partial charge >= 0.3 is 0 Å². The molecule has 0 bridgehead atoms. The molecule has 2 aromatic carbocycles. The van der Waals surface area contributed by atoms with Crippen molar-refractivity contribution in [1.82, 2.24) is 4.98 Å². The van der Waals surface area contributed by atoms with Gasteiger partial charge in [0.15, 0.2) is 11.5 Å². The molecule has 0 saturated heterocycles. The standard InChI is InChI=1S/C23H21NO3/c1-23(2)9-8-14-11-16-19-15(10-13-6-4-5-7-17(13)24-19)20(25)22(26-3)21(16)27-18(14)12-23/h4-10,25H,11-12H2,1-3H3. The summed E-state index contributed by atoms with van der Waals surface area (Å²) in [6, 6.07) is 9.90. The SMILES string of the molecule is COc1c2c(c3nc4ccccc4cc3c1O)CC1=C(CC(C)(C)C=C1)O2. The van der Waals surface area contributed by atoms with Gasteiger partial charge in [0, 0.05) is 29.2 Å². The second kappa shape index (κ2) is 5.49. The molecule has 1 N–H and O–H groups in total. The number of phenolic OH excluding ortho intramolecular Hbond substituents is 1. The van der Waals surface area contributed by atoms with Crippen molar-refractivity contribution >= 4 is 21.8 Å². The Labute approximate surface area is 157 Å². The summed E-state index contributed by atoms with van der Waals surface area (Å²) in [4.78, 5) is 4.85. The van der Waals surface area contributed by atoms with E-state index in [-0.39, 0.29) is 11.2 Å². The van der Waals surface area contributed by atoms with Gasteiger partial charge in [-0.1, -0.05) is 44.2 Å². The molecule has 0 unspecified atom stereocenters. The van der Waals surface area contributed by atoms with Gasteiger partial charge in [0.1, 0.15) is 5.76 Å². The third-order valence-electron chi connectivity index (χ3n) is 5.47. The summed E-state index contributed by atoms with van der Waals surface area (Å²) in [5.41, 5.74) is 3.86. The summed E-state index contributed by atoms with van der Waals surface area (Å²) in [5.74, 6) is 2.01. The topological polar surface area (TPSA) is 51.6 Å². The van der Waals surface area contributed by atoms with Gasteiger partial charge in [-0.25, -0.2) is 4.98 Å². The molecule has 1 aromatic heterocycles. The number of hydrogen-bond acceptors (Lipinski definition) is 4. The molecular formula is C23H21NO3. The minimum Gasteiger partial charge on any atom is -0.504 e. The van der Waals surface area contributed by atoms with Gasteiger partial charge in [0.05, 0.1) is 18.1 Å². The molecule has 3 aromatic rings. The number of fused-ring (bicyclic) bond motifs is 4. The number of benzene rings is 2. The highest BCUT2D eigenvalue weighted by Crippen LogP contribution is 2.51. The van der Waals surface area contributed by atoms with E-state index >= 15 is 0 Å². The van der Waals surface area contributed by atoms with Crippen molar-refractivity contribution in [3.8, 4) is 17.2 Å². The summed E-state index contributed by atoms with van der Waals surface area (Å²) in [6.07, 6.45) is 5.94. The van der Waals surface area contributed by atoms with E-state index in [1.54, 1.807) is 7.11 Å². The molecule has 0 saturated carbocycles. The van der Waals surface area contributed by atoms with E-state index in [9.17, 15) is 5.11 Å². The van der Waals surface area contributed by atoms with E-state index in [1.165, 1.54) is 5.57 Å². The lowest BCUT2D eigenvalue weighted by Crippen LogP contribution is -2.21. The number of allylic oxidation sites excluding steroid dienone is 4. The number of aromatic nitrogens is 1. The smallest absolute Gasteiger partial charge is 0.204 e. The van der Waals surface area contributed by atoms with Crippen molar-refractivity contribution in [2.24, 2.45) is 5.41 Å². The van der Waals surface area contributed by atoms with E-state index in [1.807, 2.05) is 30.3 Å². The van der Waals surface area contributed by atoms with Crippen LogP contribution >= 0.6 is 0 Å². The molecule has 4 nitrogen and oxygen atoms in total.